The summed E-state index contributed by atoms with van der Waals surface area (Å²) in [7, 11) is 2.66. The monoisotopic (exact) mass is 512 g/mol. The summed E-state index contributed by atoms with van der Waals surface area (Å²) in [6.45, 7) is 0. The van der Waals surface area contributed by atoms with Gasteiger partial charge in [-0.3, -0.25) is 0 Å². The van der Waals surface area contributed by atoms with Crippen LogP contribution >= 0.6 is 15.9 Å². The quantitative estimate of drug-likeness (QED) is 0.459. The summed E-state index contributed by atoms with van der Waals surface area (Å²) in [5, 5.41) is 0. The Hall–Kier alpha value is -2.96. The van der Waals surface area contributed by atoms with Crippen molar-refractivity contribution in [3.05, 3.63) is 40.4 Å². The van der Waals surface area contributed by atoms with E-state index in [0.717, 1.165) is 6.07 Å². The van der Waals surface area contributed by atoms with E-state index in [1.807, 2.05) is 0 Å². The van der Waals surface area contributed by atoms with E-state index < -0.39 is 33.9 Å². The molecule has 0 saturated heterocycles. The van der Waals surface area contributed by atoms with Crippen LogP contribution in [0.4, 0.5) is 26.3 Å². The van der Waals surface area contributed by atoms with Gasteiger partial charge >= 0.3 is 18.3 Å². The number of hydrogen-bond donors (Lipinski definition) is 0. The molecule has 0 unspecified atom stereocenters. The van der Waals surface area contributed by atoms with Crippen molar-refractivity contribution in [2.75, 3.05) is 14.2 Å². The third-order valence-electron chi connectivity index (χ3n) is 4.05. The van der Waals surface area contributed by atoms with Gasteiger partial charge in [0.25, 0.3) is 0 Å². The summed E-state index contributed by atoms with van der Waals surface area (Å²) in [5.74, 6) is -2.55. The molecule has 166 valence electrons. The smallest absolute Gasteiger partial charge is 0.493 e. The molecule has 2 aromatic carbocycles. The first kappa shape index (κ1) is 22.7. The molecule has 3 aromatic rings. The van der Waals surface area contributed by atoms with Crippen LogP contribution in [-0.4, -0.2) is 36.1 Å². The summed E-state index contributed by atoms with van der Waals surface area (Å²) < 4.78 is 88.4. The van der Waals surface area contributed by atoms with Crippen LogP contribution < -0.4 is 14.3 Å². The number of hydrogen-bond acceptors (Lipinski definition) is 5. The van der Waals surface area contributed by atoms with E-state index in [9.17, 15) is 31.1 Å². The number of rotatable bonds is 4. The van der Waals surface area contributed by atoms with Crippen molar-refractivity contribution in [3.63, 3.8) is 0 Å². The maximum Gasteiger partial charge on any atom is 0.493 e. The highest BCUT2D eigenvalue weighted by Crippen LogP contribution is 2.39. The Kier molecular flexibility index (Phi) is 5.82. The van der Waals surface area contributed by atoms with Crippen LogP contribution in [0.15, 0.2) is 34.8 Å². The van der Waals surface area contributed by atoms with Crippen LogP contribution in [0, 0.1) is 0 Å². The van der Waals surface area contributed by atoms with Gasteiger partial charge in [-0.1, -0.05) is 15.9 Å². The summed E-state index contributed by atoms with van der Waals surface area (Å²) in [5.41, 5.74) is -1.76. The van der Waals surface area contributed by atoms with E-state index in [-0.39, 0.29) is 28.4 Å². The number of carbonyl (C=O) groups excluding carboxylic acids is 1. The van der Waals surface area contributed by atoms with Crippen LogP contribution in [0.5, 0.6) is 11.5 Å². The second kappa shape index (κ2) is 7.94. The Morgan fingerprint density at radius 1 is 1.00 bits per heavy atom. The number of benzene rings is 2. The molecule has 0 amide bonds. The van der Waals surface area contributed by atoms with Gasteiger partial charge in [0.2, 0.25) is 0 Å². The number of methoxy groups -OCH3 is 2. The molecule has 13 heteroatoms. The molecule has 31 heavy (non-hydrogen) atoms. The summed E-state index contributed by atoms with van der Waals surface area (Å²) >= 11 is 2.77. The highest BCUT2D eigenvalue weighted by atomic mass is 79.9. The molecule has 0 N–H and O–H groups in total. The first-order chi connectivity index (χ1) is 14.4. The maximum atomic E-state index is 13.3. The molecular weight excluding hydrogens is 502 g/mol. The number of alkyl halides is 6. The van der Waals surface area contributed by atoms with Crippen molar-refractivity contribution >= 4 is 32.9 Å². The van der Waals surface area contributed by atoms with Crippen molar-refractivity contribution in [2.45, 2.75) is 12.4 Å². The zero-order valence-electron chi connectivity index (χ0n) is 15.6. The lowest BCUT2D eigenvalue weighted by molar-refractivity contribution is -0.199. The number of aromatic nitrogens is 2. The Balaban J connectivity index is 2.30. The second-order valence-corrected chi connectivity index (χ2v) is 6.85. The molecule has 0 saturated carbocycles. The van der Waals surface area contributed by atoms with Crippen molar-refractivity contribution < 1.29 is 45.4 Å². The zero-order valence-corrected chi connectivity index (χ0v) is 17.1. The number of fused-ring (bicyclic) bond motifs is 1. The minimum Gasteiger partial charge on any atom is -0.493 e. The number of halogens is 7. The predicted octanol–water partition coefficient (Wildman–Crippen LogP) is 5.02. The molecule has 0 radical (unpaired) electrons. The van der Waals surface area contributed by atoms with E-state index in [1.54, 1.807) is 0 Å². The molecular formula is C18H11BrF6N2O4. The molecule has 0 spiro atoms. The average molecular weight is 513 g/mol. The summed E-state index contributed by atoms with van der Waals surface area (Å²) in [6.07, 6.45) is -10.2. The van der Waals surface area contributed by atoms with Gasteiger partial charge in [-0.15, -0.1) is 0 Å². The number of ether oxygens (including phenoxy) is 2. The molecule has 0 bridgehead atoms. The zero-order chi connectivity index (χ0) is 23.1. The summed E-state index contributed by atoms with van der Waals surface area (Å²) in [4.78, 5) is 19.9. The first-order valence-corrected chi connectivity index (χ1v) is 8.97. The van der Waals surface area contributed by atoms with E-state index in [2.05, 4.69) is 25.8 Å². The average Bonchev–Trinajstić information content (AvgIpc) is 3.02. The van der Waals surface area contributed by atoms with E-state index in [4.69, 9.17) is 9.47 Å². The lowest BCUT2D eigenvalue weighted by atomic mass is 10.2. The van der Waals surface area contributed by atoms with Crippen LogP contribution in [0.3, 0.4) is 0 Å². The fourth-order valence-corrected chi connectivity index (χ4v) is 3.23. The maximum absolute atomic E-state index is 13.3. The predicted molar refractivity (Wildman–Crippen MR) is 98.6 cm³/mol. The molecule has 0 aliphatic carbocycles. The highest BCUT2D eigenvalue weighted by Gasteiger charge is 2.43. The van der Waals surface area contributed by atoms with Crippen LogP contribution in [0.25, 0.3) is 22.4 Å². The van der Waals surface area contributed by atoms with Crippen molar-refractivity contribution in [1.29, 1.82) is 0 Å². The van der Waals surface area contributed by atoms with Gasteiger partial charge in [-0.05, 0) is 30.3 Å². The fourth-order valence-electron chi connectivity index (χ4n) is 2.68. The summed E-state index contributed by atoms with van der Waals surface area (Å²) in [6, 6.07) is 5.57. The highest BCUT2D eigenvalue weighted by molar-refractivity contribution is 9.10. The van der Waals surface area contributed by atoms with Gasteiger partial charge in [0.05, 0.1) is 25.3 Å². The van der Waals surface area contributed by atoms with Crippen molar-refractivity contribution in [2.24, 2.45) is 0 Å². The number of nitrogens with zero attached hydrogens (tertiary/aromatic N) is 2. The minimum atomic E-state index is -5.40. The van der Waals surface area contributed by atoms with Crippen LogP contribution in [-0.2, 0) is 11.0 Å². The normalized spacial score (nSPS) is 12.2. The van der Waals surface area contributed by atoms with Crippen LogP contribution in [0.2, 0.25) is 0 Å². The number of carbonyl (C=O) groups is 1. The molecule has 3 rings (SSSR count). The Morgan fingerprint density at radius 2 is 1.65 bits per heavy atom. The van der Waals surface area contributed by atoms with E-state index in [0.29, 0.717) is 10.8 Å². The SMILES string of the molecule is COc1ccc(-c2nc3cc(Br)c(C(F)(F)F)cc3n2OC(=O)C(F)(F)F)cc1OC. The third kappa shape index (κ3) is 4.40. The van der Waals surface area contributed by atoms with Crippen LogP contribution in [0.1, 0.15) is 5.56 Å². The molecule has 0 atom stereocenters. The Morgan fingerprint density at radius 3 is 2.19 bits per heavy atom. The lowest BCUT2D eigenvalue weighted by Gasteiger charge is -2.13. The van der Waals surface area contributed by atoms with Gasteiger partial charge < -0.3 is 14.3 Å². The van der Waals surface area contributed by atoms with Gasteiger partial charge in [0.15, 0.2) is 17.3 Å². The van der Waals surface area contributed by atoms with Gasteiger partial charge in [0, 0.05) is 10.0 Å². The largest absolute Gasteiger partial charge is 0.493 e. The van der Waals surface area contributed by atoms with Crippen molar-refractivity contribution in [1.82, 2.24) is 9.71 Å². The molecule has 0 fully saturated rings. The first-order valence-electron chi connectivity index (χ1n) is 8.18. The molecule has 1 aromatic heterocycles. The number of imidazole rings is 1. The van der Waals surface area contributed by atoms with Gasteiger partial charge in [0.1, 0.15) is 5.52 Å². The topological polar surface area (TPSA) is 62.6 Å². The second-order valence-electron chi connectivity index (χ2n) is 5.99. The standard InChI is InChI=1S/C18H11BrF6N2O4/c1-29-13-4-3-8(5-14(13)30-2)15-26-11-7-10(19)9(17(20,21)22)6-12(11)27(15)31-16(28)18(23,24)25/h3-7H,1-2H3. The Bertz CT molecular complexity index is 1160. The van der Waals surface area contributed by atoms with Crippen molar-refractivity contribution in [3.8, 4) is 22.9 Å². The molecule has 6 nitrogen and oxygen atoms in total. The van der Waals surface area contributed by atoms with E-state index in [1.165, 1.54) is 32.4 Å². The van der Waals surface area contributed by atoms with Gasteiger partial charge in [-0.25, -0.2) is 9.78 Å². The third-order valence-corrected chi connectivity index (χ3v) is 4.71. The molecule has 0 aliphatic rings. The van der Waals surface area contributed by atoms with E-state index >= 15 is 0 Å². The fraction of sp³-hybridized carbons (Fsp3) is 0.222. The van der Waals surface area contributed by atoms with Gasteiger partial charge in [-0.2, -0.15) is 31.1 Å². The Labute approximate surface area is 178 Å². The minimum absolute atomic E-state index is 0.0912. The lowest BCUT2D eigenvalue weighted by Crippen LogP contribution is -2.33. The molecule has 1 heterocycles. The molecule has 0 aliphatic heterocycles.